The van der Waals surface area contributed by atoms with E-state index in [4.69, 9.17) is 11.6 Å². The Morgan fingerprint density at radius 3 is 2.35 bits per heavy atom. The SMILES string of the molecule is Clc1ccccc1CSCc1ccc(I)cc1. The van der Waals surface area contributed by atoms with E-state index < -0.39 is 0 Å². The van der Waals surface area contributed by atoms with Gasteiger partial charge in [0, 0.05) is 20.1 Å². The monoisotopic (exact) mass is 374 g/mol. The predicted molar refractivity (Wildman–Crippen MR) is 85.6 cm³/mol. The lowest BCUT2D eigenvalue weighted by atomic mass is 10.2. The fraction of sp³-hybridized carbons (Fsp3) is 0.143. The molecule has 0 radical (unpaired) electrons. The van der Waals surface area contributed by atoms with Gasteiger partial charge in [0.15, 0.2) is 0 Å². The molecule has 0 saturated heterocycles. The Bertz CT molecular complexity index is 482. The molecule has 0 N–H and O–H groups in total. The molecule has 2 rings (SSSR count). The van der Waals surface area contributed by atoms with E-state index in [1.54, 1.807) is 0 Å². The molecule has 0 fully saturated rings. The van der Waals surface area contributed by atoms with Crippen LogP contribution in [0.15, 0.2) is 48.5 Å². The molecular formula is C14H12ClIS. The van der Waals surface area contributed by atoms with Gasteiger partial charge in [-0.15, -0.1) is 0 Å². The minimum Gasteiger partial charge on any atom is -0.152 e. The number of hydrogen-bond acceptors (Lipinski definition) is 1. The predicted octanol–water partition coefficient (Wildman–Crippen LogP) is 5.38. The molecule has 0 spiro atoms. The van der Waals surface area contributed by atoms with Crippen LogP contribution in [0.4, 0.5) is 0 Å². The Morgan fingerprint density at radius 1 is 0.941 bits per heavy atom. The maximum absolute atomic E-state index is 6.11. The van der Waals surface area contributed by atoms with Gasteiger partial charge in [-0.25, -0.2) is 0 Å². The van der Waals surface area contributed by atoms with E-state index in [-0.39, 0.29) is 0 Å². The third-order valence-corrected chi connectivity index (χ3v) is 4.54. The number of benzene rings is 2. The Labute approximate surface area is 125 Å². The summed E-state index contributed by atoms with van der Waals surface area (Å²) >= 11 is 10.3. The molecule has 0 bridgehead atoms. The van der Waals surface area contributed by atoms with Crippen LogP contribution in [-0.4, -0.2) is 0 Å². The molecule has 0 saturated carbocycles. The highest BCUT2D eigenvalue weighted by molar-refractivity contribution is 14.1. The van der Waals surface area contributed by atoms with Gasteiger partial charge in [0.2, 0.25) is 0 Å². The molecule has 0 aliphatic rings. The largest absolute Gasteiger partial charge is 0.152 e. The highest BCUT2D eigenvalue weighted by Gasteiger charge is 1.99. The van der Waals surface area contributed by atoms with Crippen molar-refractivity contribution < 1.29 is 0 Å². The Hall–Kier alpha value is -0.190. The first-order chi connectivity index (χ1) is 8.25. The van der Waals surface area contributed by atoms with Crippen molar-refractivity contribution in [2.75, 3.05) is 0 Å². The zero-order valence-electron chi connectivity index (χ0n) is 9.20. The molecule has 2 aromatic rings. The molecule has 0 nitrogen and oxygen atoms in total. The van der Waals surface area contributed by atoms with E-state index >= 15 is 0 Å². The maximum Gasteiger partial charge on any atom is 0.0446 e. The average Bonchev–Trinajstić information content (AvgIpc) is 2.34. The Balaban J connectivity index is 1.88. The molecule has 17 heavy (non-hydrogen) atoms. The summed E-state index contributed by atoms with van der Waals surface area (Å²) in [5, 5.41) is 0.864. The minimum atomic E-state index is 0.864. The molecule has 0 aliphatic heterocycles. The van der Waals surface area contributed by atoms with Crippen molar-refractivity contribution in [3.05, 3.63) is 68.3 Å². The Morgan fingerprint density at radius 2 is 1.65 bits per heavy atom. The molecule has 88 valence electrons. The lowest BCUT2D eigenvalue weighted by molar-refractivity contribution is 1.36. The first-order valence-corrected chi connectivity index (χ1v) is 7.92. The van der Waals surface area contributed by atoms with Crippen molar-refractivity contribution in [3.63, 3.8) is 0 Å². The third kappa shape index (κ3) is 4.19. The van der Waals surface area contributed by atoms with Gasteiger partial charge in [-0.05, 0) is 51.9 Å². The summed E-state index contributed by atoms with van der Waals surface area (Å²) < 4.78 is 1.28. The lowest BCUT2D eigenvalue weighted by Gasteiger charge is -2.04. The second kappa shape index (κ2) is 6.66. The van der Waals surface area contributed by atoms with E-state index in [0.717, 1.165) is 16.5 Å². The summed E-state index contributed by atoms with van der Waals surface area (Å²) in [5.41, 5.74) is 2.58. The topological polar surface area (TPSA) is 0 Å². The van der Waals surface area contributed by atoms with Gasteiger partial charge in [-0.1, -0.05) is 41.9 Å². The van der Waals surface area contributed by atoms with E-state index in [1.165, 1.54) is 14.7 Å². The van der Waals surface area contributed by atoms with Gasteiger partial charge in [-0.2, -0.15) is 11.8 Å². The van der Waals surface area contributed by atoms with Crippen LogP contribution >= 0.6 is 46.0 Å². The van der Waals surface area contributed by atoms with E-state index in [9.17, 15) is 0 Å². The van der Waals surface area contributed by atoms with Crippen molar-refractivity contribution in [2.24, 2.45) is 0 Å². The highest BCUT2D eigenvalue weighted by atomic mass is 127. The second-order valence-electron chi connectivity index (χ2n) is 3.71. The van der Waals surface area contributed by atoms with Crippen molar-refractivity contribution in [1.29, 1.82) is 0 Å². The summed E-state index contributed by atoms with van der Waals surface area (Å²) in [6.45, 7) is 0. The van der Waals surface area contributed by atoms with Crippen LogP contribution in [0.5, 0.6) is 0 Å². The maximum atomic E-state index is 6.11. The van der Waals surface area contributed by atoms with Crippen molar-refractivity contribution in [2.45, 2.75) is 11.5 Å². The van der Waals surface area contributed by atoms with E-state index in [0.29, 0.717) is 0 Å². The van der Waals surface area contributed by atoms with Crippen molar-refractivity contribution in [3.8, 4) is 0 Å². The van der Waals surface area contributed by atoms with Crippen LogP contribution in [-0.2, 0) is 11.5 Å². The van der Waals surface area contributed by atoms with Crippen LogP contribution in [0, 0.1) is 3.57 Å². The number of thioether (sulfide) groups is 1. The first kappa shape index (κ1) is 13.2. The number of hydrogen-bond donors (Lipinski definition) is 0. The fourth-order valence-electron chi connectivity index (χ4n) is 1.47. The van der Waals surface area contributed by atoms with Crippen molar-refractivity contribution in [1.82, 2.24) is 0 Å². The minimum absolute atomic E-state index is 0.864. The van der Waals surface area contributed by atoms with Gasteiger partial charge in [0.1, 0.15) is 0 Å². The summed E-state index contributed by atoms with van der Waals surface area (Å²) in [6.07, 6.45) is 0. The van der Waals surface area contributed by atoms with Gasteiger partial charge in [-0.3, -0.25) is 0 Å². The summed E-state index contributed by atoms with van der Waals surface area (Å²) in [5.74, 6) is 1.99. The highest BCUT2D eigenvalue weighted by Crippen LogP contribution is 2.23. The molecule has 0 aliphatic carbocycles. The zero-order valence-corrected chi connectivity index (χ0v) is 12.9. The summed E-state index contributed by atoms with van der Waals surface area (Å²) in [4.78, 5) is 0. The molecule has 0 aromatic heterocycles. The third-order valence-electron chi connectivity index (χ3n) is 2.40. The lowest BCUT2D eigenvalue weighted by Crippen LogP contribution is -1.85. The summed E-state index contributed by atoms with van der Waals surface area (Å²) in [7, 11) is 0. The molecule has 3 heteroatoms. The molecule has 0 heterocycles. The smallest absolute Gasteiger partial charge is 0.0446 e. The van der Waals surface area contributed by atoms with Crippen LogP contribution in [0.2, 0.25) is 5.02 Å². The van der Waals surface area contributed by atoms with Gasteiger partial charge >= 0.3 is 0 Å². The molecule has 0 unspecified atom stereocenters. The number of rotatable bonds is 4. The molecule has 0 amide bonds. The van der Waals surface area contributed by atoms with Crippen LogP contribution in [0.25, 0.3) is 0 Å². The van der Waals surface area contributed by atoms with Crippen LogP contribution < -0.4 is 0 Å². The van der Waals surface area contributed by atoms with Gasteiger partial charge in [0.25, 0.3) is 0 Å². The van der Waals surface area contributed by atoms with Gasteiger partial charge in [0.05, 0.1) is 0 Å². The first-order valence-electron chi connectivity index (χ1n) is 5.31. The normalized spacial score (nSPS) is 10.5. The van der Waals surface area contributed by atoms with E-state index in [2.05, 4.69) is 52.9 Å². The molecule has 0 atom stereocenters. The average molecular weight is 375 g/mol. The zero-order chi connectivity index (χ0) is 12.1. The molecular weight excluding hydrogens is 363 g/mol. The van der Waals surface area contributed by atoms with Crippen LogP contribution in [0.3, 0.4) is 0 Å². The second-order valence-corrected chi connectivity index (χ2v) is 6.35. The quantitative estimate of drug-likeness (QED) is 0.648. The summed E-state index contributed by atoms with van der Waals surface area (Å²) in [6, 6.07) is 16.7. The fourth-order valence-corrected chi connectivity index (χ4v) is 3.12. The van der Waals surface area contributed by atoms with Crippen molar-refractivity contribution >= 4 is 46.0 Å². The van der Waals surface area contributed by atoms with Gasteiger partial charge < -0.3 is 0 Å². The molecule has 2 aromatic carbocycles. The van der Waals surface area contributed by atoms with Crippen LogP contribution in [0.1, 0.15) is 11.1 Å². The standard InChI is InChI=1S/C14H12ClIS/c15-14-4-2-1-3-12(14)10-17-9-11-5-7-13(16)8-6-11/h1-8H,9-10H2. The van der Waals surface area contributed by atoms with E-state index in [1.807, 2.05) is 30.0 Å². The Kier molecular flexibility index (Phi) is 5.19. The number of halogens is 2.